The Hall–Kier alpha value is -2.35. The summed E-state index contributed by atoms with van der Waals surface area (Å²) < 4.78 is 10.0. The number of aliphatic carboxylic acids is 1. The lowest BCUT2D eigenvalue weighted by Crippen LogP contribution is -2.47. The summed E-state index contributed by atoms with van der Waals surface area (Å²) >= 11 is 0. The Balaban J connectivity index is 1.80. The summed E-state index contributed by atoms with van der Waals surface area (Å²) in [7, 11) is 1.52. The number of ether oxygens (including phenoxy) is 2. The molecule has 2 rings (SSSR count). The molecule has 1 aliphatic heterocycles. The number of aromatic nitrogens is 1. The zero-order valence-corrected chi connectivity index (χ0v) is 11.5. The zero-order chi connectivity index (χ0) is 15.2. The highest BCUT2D eigenvalue weighted by molar-refractivity contribution is 5.77. The molecule has 1 aliphatic rings. The van der Waals surface area contributed by atoms with Crippen molar-refractivity contribution in [2.45, 2.75) is 12.6 Å². The fourth-order valence-electron chi connectivity index (χ4n) is 1.98. The molecule has 1 aromatic heterocycles. The van der Waals surface area contributed by atoms with Crippen LogP contribution in [0, 0.1) is 5.92 Å². The molecule has 2 heterocycles. The lowest BCUT2D eigenvalue weighted by molar-refractivity contribution is -0.142. The lowest BCUT2D eigenvalue weighted by atomic mass is 10.0. The molecule has 2 amide bonds. The quantitative estimate of drug-likeness (QED) is 0.704. The molecule has 0 aromatic carbocycles. The first-order valence-corrected chi connectivity index (χ1v) is 6.44. The van der Waals surface area contributed by atoms with Gasteiger partial charge in [-0.05, 0) is 5.56 Å². The summed E-state index contributed by atoms with van der Waals surface area (Å²) in [6, 6.07) is 2.52. The van der Waals surface area contributed by atoms with Crippen LogP contribution in [-0.2, 0) is 16.1 Å². The Morgan fingerprint density at radius 1 is 1.48 bits per heavy atom. The smallest absolute Gasteiger partial charge is 0.315 e. The second kappa shape index (κ2) is 6.89. The van der Waals surface area contributed by atoms with E-state index in [1.165, 1.54) is 7.11 Å². The van der Waals surface area contributed by atoms with Gasteiger partial charge in [-0.15, -0.1) is 0 Å². The van der Waals surface area contributed by atoms with Gasteiger partial charge in [-0.1, -0.05) is 6.07 Å². The number of carbonyl (C=O) groups excluding carboxylic acids is 1. The van der Waals surface area contributed by atoms with E-state index in [-0.39, 0.29) is 19.8 Å². The molecule has 21 heavy (non-hydrogen) atoms. The number of hydrogen-bond acceptors (Lipinski definition) is 5. The van der Waals surface area contributed by atoms with E-state index in [1.54, 1.807) is 18.3 Å². The van der Waals surface area contributed by atoms with Crippen molar-refractivity contribution in [2.75, 3.05) is 20.3 Å². The lowest BCUT2D eigenvalue weighted by Gasteiger charge is -2.16. The third-order valence-corrected chi connectivity index (χ3v) is 3.17. The fourth-order valence-corrected chi connectivity index (χ4v) is 1.98. The molecule has 1 fully saturated rings. The maximum atomic E-state index is 11.7. The molecule has 3 N–H and O–H groups in total. The number of nitrogens with zero attached hydrogens (tertiary/aromatic N) is 1. The van der Waals surface area contributed by atoms with Crippen molar-refractivity contribution >= 4 is 12.0 Å². The highest BCUT2D eigenvalue weighted by Crippen LogP contribution is 2.13. The first-order chi connectivity index (χ1) is 10.1. The van der Waals surface area contributed by atoms with Crippen molar-refractivity contribution < 1.29 is 24.2 Å². The number of nitrogens with one attached hydrogen (secondary N) is 2. The maximum Gasteiger partial charge on any atom is 0.315 e. The van der Waals surface area contributed by atoms with Crippen LogP contribution < -0.4 is 15.4 Å². The van der Waals surface area contributed by atoms with Gasteiger partial charge in [0, 0.05) is 18.8 Å². The normalized spacial score (nSPS) is 20.8. The average Bonchev–Trinajstić information content (AvgIpc) is 2.94. The zero-order valence-electron chi connectivity index (χ0n) is 11.5. The Bertz CT molecular complexity index is 505. The monoisotopic (exact) mass is 295 g/mol. The largest absolute Gasteiger partial charge is 0.481 e. The first-order valence-electron chi connectivity index (χ1n) is 6.44. The molecule has 0 aliphatic carbocycles. The number of hydrogen-bond donors (Lipinski definition) is 3. The summed E-state index contributed by atoms with van der Waals surface area (Å²) in [5.74, 6) is -1.19. The van der Waals surface area contributed by atoms with E-state index in [0.29, 0.717) is 5.88 Å². The molecule has 2 atom stereocenters. The third-order valence-electron chi connectivity index (χ3n) is 3.17. The summed E-state index contributed by atoms with van der Waals surface area (Å²) in [6.07, 6.45) is 1.60. The van der Waals surface area contributed by atoms with Crippen LogP contribution in [0.3, 0.4) is 0 Å². The van der Waals surface area contributed by atoms with Crippen molar-refractivity contribution in [3.05, 3.63) is 23.9 Å². The van der Waals surface area contributed by atoms with Crippen molar-refractivity contribution in [3.63, 3.8) is 0 Å². The Labute approximate surface area is 121 Å². The summed E-state index contributed by atoms with van der Waals surface area (Å²) in [6.45, 7) is 0.602. The maximum absolute atomic E-state index is 11.7. The van der Waals surface area contributed by atoms with Crippen molar-refractivity contribution in [2.24, 2.45) is 5.92 Å². The molecule has 8 heteroatoms. The topological polar surface area (TPSA) is 110 Å². The second-order valence-corrected chi connectivity index (χ2v) is 4.62. The highest BCUT2D eigenvalue weighted by atomic mass is 16.5. The minimum atomic E-state index is -0.975. The van der Waals surface area contributed by atoms with Crippen LogP contribution in [0.2, 0.25) is 0 Å². The van der Waals surface area contributed by atoms with Gasteiger partial charge >= 0.3 is 12.0 Å². The SMILES string of the molecule is COc1ccc(CNC(=O)NC2COCC2C(=O)O)cn1. The Kier molecular flexibility index (Phi) is 4.94. The van der Waals surface area contributed by atoms with Crippen LogP contribution in [0.1, 0.15) is 5.56 Å². The van der Waals surface area contributed by atoms with E-state index < -0.39 is 24.0 Å². The Morgan fingerprint density at radius 2 is 2.29 bits per heavy atom. The van der Waals surface area contributed by atoms with E-state index in [2.05, 4.69) is 15.6 Å². The number of urea groups is 1. The van der Waals surface area contributed by atoms with E-state index in [9.17, 15) is 9.59 Å². The van der Waals surface area contributed by atoms with E-state index in [4.69, 9.17) is 14.6 Å². The van der Waals surface area contributed by atoms with E-state index >= 15 is 0 Å². The molecule has 0 radical (unpaired) electrons. The molecule has 0 spiro atoms. The molecule has 1 saturated heterocycles. The van der Waals surface area contributed by atoms with Crippen LogP contribution in [0.25, 0.3) is 0 Å². The van der Waals surface area contributed by atoms with Gasteiger partial charge in [-0.3, -0.25) is 4.79 Å². The minimum absolute atomic E-state index is 0.114. The standard InChI is InChI=1S/C13H17N3O5/c1-20-11-3-2-8(4-14-11)5-15-13(19)16-10-7-21-6-9(10)12(17)18/h2-4,9-10H,5-7H2,1H3,(H,17,18)(H2,15,16,19). The van der Waals surface area contributed by atoms with Gasteiger partial charge in [0.2, 0.25) is 5.88 Å². The fraction of sp³-hybridized carbons (Fsp3) is 0.462. The summed E-state index contributed by atoms with van der Waals surface area (Å²) in [4.78, 5) is 26.7. The summed E-state index contributed by atoms with van der Waals surface area (Å²) in [5.41, 5.74) is 0.809. The molecule has 1 aromatic rings. The number of carboxylic acid groups (broad SMARTS) is 1. The van der Waals surface area contributed by atoms with Crippen LogP contribution >= 0.6 is 0 Å². The highest BCUT2D eigenvalue weighted by Gasteiger charge is 2.34. The summed E-state index contributed by atoms with van der Waals surface area (Å²) in [5, 5.41) is 14.2. The molecular weight excluding hydrogens is 278 g/mol. The number of rotatable bonds is 5. The van der Waals surface area contributed by atoms with Crippen LogP contribution in [0.15, 0.2) is 18.3 Å². The molecule has 114 valence electrons. The Morgan fingerprint density at radius 3 is 2.90 bits per heavy atom. The number of pyridine rings is 1. The molecule has 8 nitrogen and oxygen atoms in total. The number of carboxylic acids is 1. The van der Waals surface area contributed by atoms with Gasteiger partial charge in [0.1, 0.15) is 5.92 Å². The number of amides is 2. The molecule has 0 bridgehead atoms. The second-order valence-electron chi connectivity index (χ2n) is 4.62. The van der Waals surface area contributed by atoms with Crippen LogP contribution in [0.4, 0.5) is 4.79 Å². The third kappa shape index (κ3) is 4.06. The molecule has 2 unspecified atom stereocenters. The van der Waals surface area contributed by atoms with E-state index in [0.717, 1.165) is 5.56 Å². The van der Waals surface area contributed by atoms with Gasteiger partial charge in [-0.2, -0.15) is 0 Å². The van der Waals surface area contributed by atoms with Crippen LogP contribution in [0.5, 0.6) is 5.88 Å². The van der Waals surface area contributed by atoms with Crippen molar-refractivity contribution in [1.29, 1.82) is 0 Å². The molecule has 0 saturated carbocycles. The van der Waals surface area contributed by atoms with Gasteiger partial charge in [0.25, 0.3) is 0 Å². The van der Waals surface area contributed by atoms with Crippen molar-refractivity contribution in [3.8, 4) is 5.88 Å². The van der Waals surface area contributed by atoms with Gasteiger partial charge in [-0.25, -0.2) is 9.78 Å². The predicted octanol–water partition coefficient (Wildman–Crippen LogP) is -0.0110. The minimum Gasteiger partial charge on any atom is -0.481 e. The van der Waals surface area contributed by atoms with Crippen LogP contribution in [-0.4, -0.2) is 48.5 Å². The van der Waals surface area contributed by atoms with E-state index in [1.807, 2.05) is 0 Å². The number of methoxy groups -OCH3 is 1. The number of carbonyl (C=O) groups is 2. The van der Waals surface area contributed by atoms with Gasteiger partial charge in [0.15, 0.2) is 0 Å². The van der Waals surface area contributed by atoms with Crippen molar-refractivity contribution in [1.82, 2.24) is 15.6 Å². The first kappa shape index (κ1) is 15.0. The van der Waals surface area contributed by atoms with Gasteiger partial charge < -0.3 is 25.2 Å². The average molecular weight is 295 g/mol. The predicted molar refractivity (Wildman–Crippen MR) is 71.9 cm³/mol. The molecular formula is C13H17N3O5. The van der Waals surface area contributed by atoms with Gasteiger partial charge in [0.05, 0.1) is 26.4 Å².